The molecule has 1 aromatic heterocycles. The summed E-state index contributed by atoms with van der Waals surface area (Å²) >= 11 is 4.71. The van der Waals surface area contributed by atoms with Crippen molar-refractivity contribution in [1.82, 2.24) is 20.2 Å². The summed E-state index contributed by atoms with van der Waals surface area (Å²) in [6, 6.07) is 13.3. The molecule has 0 fully saturated rings. The smallest absolute Gasteiger partial charge is 0.250 e. The van der Waals surface area contributed by atoms with Crippen LogP contribution >= 0.6 is 27.7 Å². The second kappa shape index (κ2) is 10.3. The minimum absolute atomic E-state index is 0.154. The molecule has 0 aliphatic rings. The summed E-state index contributed by atoms with van der Waals surface area (Å²) in [6.45, 7) is 0. The molecule has 0 atom stereocenters. The Labute approximate surface area is 186 Å². The molecule has 1 N–H and O–H groups in total. The molecule has 0 radical (unpaired) electrons. The van der Waals surface area contributed by atoms with Crippen LogP contribution in [0.4, 0.5) is 0 Å². The van der Waals surface area contributed by atoms with Crippen molar-refractivity contribution in [3.8, 4) is 22.9 Å². The summed E-state index contributed by atoms with van der Waals surface area (Å²) in [6.07, 6.45) is 1.52. The van der Waals surface area contributed by atoms with Crippen LogP contribution in [-0.4, -0.2) is 46.9 Å². The third-order valence-corrected chi connectivity index (χ3v) is 5.74. The monoisotopic (exact) mass is 489 g/mol. The molecule has 30 heavy (non-hydrogen) atoms. The van der Waals surface area contributed by atoms with Crippen LogP contribution in [0.2, 0.25) is 0 Å². The van der Waals surface area contributed by atoms with Crippen molar-refractivity contribution in [2.24, 2.45) is 12.1 Å². The molecule has 0 saturated heterocycles. The lowest BCUT2D eigenvalue weighted by atomic mass is 10.2. The highest BCUT2D eigenvalue weighted by atomic mass is 79.9. The molecule has 0 spiro atoms. The summed E-state index contributed by atoms with van der Waals surface area (Å²) < 4.78 is 13.2. The van der Waals surface area contributed by atoms with Gasteiger partial charge >= 0.3 is 0 Å². The first-order valence-electron chi connectivity index (χ1n) is 8.84. The van der Waals surface area contributed by atoms with Gasteiger partial charge in [0.15, 0.2) is 11.0 Å². The number of hydrogen-bond acceptors (Lipinski definition) is 7. The van der Waals surface area contributed by atoms with E-state index in [4.69, 9.17) is 9.47 Å². The van der Waals surface area contributed by atoms with E-state index >= 15 is 0 Å². The van der Waals surface area contributed by atoms with E-state index in [-0.39, 0.29) is 11.7 Å². The summed E-state index contributed by atoms with van der Waals surface area (Å²) in [5.41, 5.74) is 4.17. The number of carbonyl (C=O) groups is 1. The van der Waals surface area contributed by atoms with Gasteiger partial charge in [-0.25, -0.2) is 5.43 Å². The van der Waals surface area contributed by atoms with Crippen LogP contribution < -0.4 is 14.9 Å². The number of hydrazone groups is 1. The zero-order valence-corrected chi connectivity index (χ0v) is 19.0. The van der Waals surface area contributed by atoms with Gasteiger partial charge < -0.3 is 14.0 Å². The topological polar surface area (TPSA) is 90.6 Å². The van der Waals surface area contributed by atoms with E-state index in [9.17, 15) is 4.79 Å². The molecular weight excluding hydrogens is 470 g/mol. The summed E-state index contributed by atoms with van der Waals surface area (Å²) in [5, 5.41) is 13.0. The van der Waals surface area contributed by atoms with E-state index in [0.29, 0.717) is 22.2 Å². The van der Waals surface area contributed by atoms with Crippen LogP contribution in [0.25, 0.3) is 11.4 Å². The molecule has 3 aromatic rings. The van der Waals surface area contributed by atoms with E-state index in [0.717, 1.165) is 15.9 Å². The highest BCUT2D eigenvalue weighted by Gasteiger charge is 2.13. The van der Waals surface area contributed by atoms with Crippen LogP contribution in [-0.2, 0) is 11.8 Å². The zero-order valence-electron chi connectivity index (χ0n) is 16.6. The first kappa shape index (κ1) is 21.8. The molecule has 10 heteroatoms. The van der Waals surface area contributed by atoms with Crippen LogP contribution in [0.5, 0.6) is 11.5 Å². The Morgan fingerprint density at radius 3 is 2.63 bits per heavy atom. The number of methoxy groups -OCH3 is 2. The second-order valence-electron chi connectivity index (χ2n) is 6.04. The first-order valence-corrected chi connectivity index (χ1v) is 10.6. The Balaban J connectivity index is 1.58. The van der Waals surface area contributed by atoms with Crippen LogP contribution in [0.3, 0.4) is 0 Å². The molecule has 3 rings (SSSR count). The van der Waals surface area contributed by atoms with Gasteiger partial charge in [0.05, 0.1) is 30.7 Å². The molecular formula is C20H20BrN5O3S. The fourth-order valence-corrected chi connectivity index (χ4v) is 3.83. The van der Waals surface area contributed by atoms with Crippen molar-refractivity contribution in [2.75, 3.05) is 20.0 Å². The number of nitrogens with zero attached hydrogens (tertiary/aromatic N) is 4. The Kier molecular flexibility index (Phi) is 7.47. The zero-order chi connectivity index (χ0) is 21.5. The quantitative estimate of drug-likeness (QED) is 0.295. The van der Waals surface area contributed by atoms with Gasteiger partial charge in [-0.05, 0) is 22.0 Å². The van der Waals surface area contributed by atoms with Crippen molar-refractivity contribution in [1.29, 1.82) is 0 Å². The SMILES string of the molecule is COc1cc(OC)c(C=NNC(=O)CSc2nnc(-c3ccccc3)n2C)cc1Br. The first-order chi connectivity index (χ1) is 14.5. The maximum Gasteiger partial charge on any atom is 0.250 e. The maximum absolute atomic E-state index is 12.2. The van der Waals surface area contributed by atoms with Gasteiger partial charge in [-0.15, -0.1) is 10.2 Å². The number of thioether (sulfide) groups is 1. The third-order valence-electron chi connectivity index (χ3n) is 4.10. The van der Waals surface area contributed by atoms with Gasteiger partial charge in [-0.1, -0.05) is 42.1 Å². The van der Waals surface area contributed by atoms with Gasteiger partial charge in [0.25, 0.3) is 5.91 Å². The van der Waals surface area contributed by atoms with Crippen LogP contribution in [0.1, 0.15) is 5.56 Å². The number of benzene rings is 2. The Morgan fingerprint density at radius 2 is 1.93 bits per heavy atom. The lowest BCUT2D eigenvalue weighted by Crippen LogP contribution is -2.20. The Morgan fingerprint density at radius 1 is 1.20 bits per heavy atom. The van der Waals surface area contributed by atoms with Gasteiger partial charge in [-0.2, -0.15) is 5.10 Å². The number of ether oxygens (including phenoxy) is 2. The Hall–Kier alpha value is -2.85. The molecule has 8 nitrogen and oxygen atoms in total. The predicted octanol–water partition coefficient (Wildman–Crippen LogP) is 3.50. The standard InChI is InChI=1S/C20H20BrN5O3S/c1-26-19(13-7-5-4-6-8-13)24-25-20(26)30-12-18(27)23-22-11-14-9-15(21)17(29-3)10-16(14)28-2/h4-11H,12H2,1-3H3,(H,23,27). The number of halogens is 1. The highest BCUT2D eigenvalue weighted by Crippen LogP contribution is 2.32. The molecule has 0 bridgehead atoms. The van der Waals surface area contributed by atoms with Gasteiger partial charge in [0, 0.05) is 24.2 Å². The van der Waals surface area contributed by atoms with Gasteiger partial charge in [-0.3, -0.25) is 4.79 Å². The van der Waals surface area contributed by atoms with E-state index in [1.165, 1.54) is 18.0 Å². The molecule has 0 aliphatic carbocycles. The lowest BCUT2D eigenvalue weighted by molar-refractivity contribution is -0.118. The largest absolute Gasteiger partial charge is 0.496 e. The Bertz CT molecular complexity index is 1060. The molecule has 0 unspecified atom stereocenters. The minimum atomic E-state index is -0.257. The fraction of sp³-hybridized carbons (Fsp3) is 0.200. The normalized spacial score (nSPS) is 10.9. The van der Waals surface area contributed by atoms with Crippen LogP contribution in [0.15, 0.2) is 57.2 Å². The summed E-state index contributed by atoms with van der Waals surface area (Å²) in [7, 11) is 5.00. The van der Waals surface area contributed by atoms with Crippen molar-refractivity contribution < 1.29 is 14.3 Å². The third kappa shape index (κ3) is 5.19. The minimum Gasteiger partial charge on any atom is -0.496 e. The molecule has 0 aliphatic heterocycles. The van der Waals surface area contributed by atoms with Gasteiger partial charge in [0.1, 0.15) is 11.5 Å². The second-order valence-corrected chi connectivity index (χ2v) is 7.84. The van der Waals surface area contributed by atoms with E-state index in [1.54, 1.807) is 26.4 Å². The molecule has 0 saturated carbocycles. The summed E-state index contributed by atoms with van der Waals surface area (Å²) in [5.74, 6) is 1.86. The van der Waals surface area contributed by atoms with Gasteiger partial charge in [0.2, 0.25) is 0 Å². The number of amides is 1. The average molecular weight is 490 g/mol. The lowest BCUT2D eigenvalue weighted by Gasteiger charge is -2.09. The molecule has 1 heterocycles. The van der Waals surface area contributed by atoms with Crippen molar-refractivity contribution in [3.63, 3.8) is 0 Å². The molecule has 1 amide bonds. The van der Waals surface area contributed by atoms with Crippen molar-refractivity contribution >= 4 is 39.8 Å². The number of aromatic nitrogens is 3. The molecule has 156 valence electrons. The highest BCUT2D eigenvalue weighted by molar-refractivity contribution is 9.10. The predicted molar refractivity (Wildman–Crippen MR) is 120 cm³/mol. The number of rotatable bonds is 8. The number of nitrogens with one attached hydrogen (secondary N) is 1. The maximum atomic E-state index is 12.2. The average Bonchev–Trinajstić information content (AvgIpc) is 3.13. The van der Waals surface area contributed by atoms with Crippen molar-refractivity contribution in [2.45, 2.75) is 5.16 Å². The van der Waals surface area contributed by atoms with E-state index < -0.39 is 0 Å². The fourth-order valence-electron chi connectivity index (χ4n) is 2.60. The molecule has 2 aromatic carbocycles. The van der Waals surface area contributed by atoms with E-state index in [1.807, 2.05) is 41.9 Å². The van der Waals surface area contributed by atoms with Crippen LogP contribution in [0, 0.1) is 0 Å². The summed E-state index contributed by atoms with van der Waals surface area (Å²) in [4.78, 5) is 12.2. The number of carbonyl (C=O) groups excluding carboxylic acids is 1. The number of hydrogen-bond donors (Lipinski definition) is 1. The van der Waals surface area contributed by atoms with E-state index in [2.05, 4.69) is 36.7 Å². The van der Waals surface area contributed by atoms with Crippen molar-refractivity contribution in [3.05, 3.63) is 52.5 Å².